The van der Waals surface area contributed by atoms with Crippen LogP contribution in [0.25, 0.3) is 0 Å². The van der Waals surface area contributed by atoms with Crippen LogP contribution in [0.5, 0.6) is 0 Å². The standard InChI is InChI=1S/C15H23NO2/c1-3-8-16(9-4-2)11-13-6-5-7-14(10-13)15(18)12-17/h5-7,10,17H,3-4,8-9,11-12H2,1-2H3. The van der Waals surface area contributed by atoms with Crippen LogP contribution in [-0.2, 0) is 6.54 Å². The molecule has 0 radical (unpaired) electrons. The van der Waals surface area contributed by atoms with E-state index in [-0.39, 0.29) is 5.78 Å². The number of carbonyl (C=O) groups is 1. The summed E-state index contributed by atoms with van der Waals surface area (Å²) < 4.78 is 0. The molecule has 0 aliphatic carbocycles. The first kappa shape index (κ1) is 14.9. The van der Waals surface area contributed by atoms with Crippen molar-refractivity contribution in [2.24, 2.45) is 0 Å². The molecule has 0 amide bonds. The van der Waals surface area contributed by atoms with E-state index in [0.29, 0.717) is 5.56 Å². The minimum absolute atomic E-state index is 0.214. The quantitative estimate of drug-likeness (QED) is 0.720. The zero-order valence-corrected chi connectivity index (χ0v) is 11.4. The Kier molecular flexibility index (Phi) is 6.61. The highest BCUT2D eigenvalue weighted by Crippen LogP contribution is 2.10. The molecule has 0 aromatic heterocycles. The van der Waals surface area contributed by atoms with Crippen molar-refractivity contribution < 1.29 is 9.90 Å². The molecule has 0 spiro atoms. The molecular formula is C15H23NO2. The first-order chi connectivity index (χ1) is 8.71. The molecule has 0 fully saturated rings. The van der Waals surface area contributed by atoms with Gasteiger partial charge in [-0.15, -0.1) is 0 Å². The van der Waals surface area contributed by atoms with E-state index in [1.807, 2.05) is 18.2 Å². The van der Waals surface area contributed by atoms with E-state index in [1.165, 1.54) is 0 Å². The monoisotopic (exact) mass is 249 g/mol. The summed E-state index contributed by atoms with van der Waals surface area (Å²) in [6.45, 7) is 6.95. The number of hydrogen-bond donors (Lipinski definition) is 1. The van der Waals surface area contributed by atoms with Gasteiger partial charge in [-0.1, -0.05) is 32.0 Å². The minimum Gasteiger partial charge on any atom is -0.388 e. The second kappa shape index (κ2) is 8.01. The molecule has 100 valence electrons. The second-order valence-electron chi connectivity index (χ2n) is 4.56. The van der Waals surface area contributed by atoms with Crippen LogP contribution in [0.4, 0.5) is 0 Å². The van der Waals surface area contributed by atoms with Crippen molar-refractivity contribution in [3.63, 3.8) is 0 Å². The topological polar surface area (TPSA) is 40.5 Å². The molecule has 1 aromatic carbocycles. The van der Waals surface area contributed by atoms with Gasteiger partial charge in [-0.3, -0.25) is 9.69 Å². The molecule has 0 saturated heterocycles. The molecule has 0 heterocycles. The lowest BCUT2D eigenvalue weighted by Crippen LogP contribution is -2.25. The van der Waals surface area contributed by atoms with E-state index in [9.17, 15) is 4.79 Å². The van der Waals surface area contributed by atoms with Gasteiger partial charge < -0.3 is 5.11 Å². The number of aliphatic hydroxyl groups is 1. The number of rotatable bonds is 8. The summed E-state index contributed by atoms with van der Waals surface area (Å²) in [6, 6.07) is 7.56. The average Bonchev–Trinajstić information content (AvgIpc) is 2.39. The summed E-state index contributed by atoms with van der Waals surface area (Å²) in [5, 5.41) is 8.87. The molecule has 3 heteroatoms. The Morgan fingerprint density at radius 3 is 2.44 bits per heavy atom. The molecule has 1 rings (SSSR count). The van der Waals surface area contributed by atoms with Crippen LogP contribution in [0.3, 0.4) is 0 Å². The number of hydrogen-bond acceptors (Lipinski definition) is 3. The second-order valence-corrected chi connectivity index (χ2v) is 4.56. The predicted octanol–water partition coefficient (Wildman–Crippen LogP) is 2.48. The Bertz CT molecular complexity index is 371. The zero-order valence-electron chi connectivity index (χ0n) is 11.4. The lowest BCUT2D eigenvalue weighted by atomic mass is 10.1. The molecule has 0 unspecified atom stereocenters. The van der Waals surface area contributed by atoms with Crippen LogP contribution in [0.2, 0.25) is 0 Å². The first-order valence-electron chi connectivity index (χ1n) is 6.66. The van der Waals surface area contributed by atoms with Crippen molar-refractivity contribution in [3.05, 3.63) is 35.4 Å². The van der Waals surface area contributed by atoms with E-state index in [0.717, 1.165) is 38.0 Å². The molecule has 0 bridgehead atoms. The van der Waals surface area contributed by atoms with E-state index < -0.39 is 6.61 Å². The summed E-state index contributed by atoms with van der Waals surface area (Å²) in [5.41, 5.74) is 1.74. The summed E-state index contributed by atoms with van der Waals surface area (Å²) in [7, 11) is 0. The largest absolute Gasteiger partial charge is 0.388 e. The van der Waals surface area contributed by atoms with Crippen LogP contribution in [-0.4, -0.2) is 35.5 Å². The SMILES string of the molecule is CCCN(CCC)Cc1cccc(C(=O)CO)c1. The van der Waals surface area contributed by atoms with Gasteiger partial charge in [0.05, 0.1) is 0 Å². The number of ketones is 1. The van der Waals surface area contributed by atoms with E-state index in [4.69, 9.17) is 5.11 Å². The molecule has 1 N–H and O–H groups in total. The van der Waals surface area contributed by atoms with Crippen LogP contribution in [0, 0.1) is 0 Å². The maximum atomic E-state index is 11.4. The van der Waals surface area contributed by atoms with Gasteiger partial charge in [-0.25, -0.2) is 0 Å². The highest BCUT2D eigenvalue weighted by atomic mass is 16.3. The number of aliphatic hydroxyl groups excluding tert-OH is 1. The maximum Gasteiger partial charge on any atom is 0.188 e. The van der Waals surface area contributed by atoms with Crippen molar-refractivity contribution in [3.8, 4) is 0 Å². The third kappa shape index (κ3) is 4.59. The highest BCUT2D eigenvalue weighted by molar-refractivity contribution is 5.97. The highest BCUT2D eigenvalue weighted by Gasteiger charge is 2.07. The fourth-order valence-corrected chi connectivity index (χ4v) is 2.09. The summed E-state index contributed by atoms with van der Waals surface area (Å²) in [4.78, 5) is 13.8. The molecular weight excluding hydrogens is 226 g/mol. The van der Waals surface area contributed by atoms with E-state index in [2.05, 4.69) is 18.7 Å². The summed E-state index contributed by atoms with van der Waals surface area (Å²) in [6.07, 6.45) is 2.27. The Balaban J connectivity index is 2.73. The molecule has 3 nitrogen and oxygen atoms in total. The molecule has 0 saturated carbocycles. The Morgan fingerprint density at radius 2 is 1.89 bits per heavy atom. The minimum atomic E-state index is -0.420. The fourth-order valence-electron chi connectivity index (χ4n) is 2.09. The predicted molar refractivity (Wildman–Crippen MR) is 73.7 cm³/mol. The molecule has 0 aliphatic rings. The summed E-state index contributed by atoms with van der Waals surface area (Å²) >= 11 is 0. The normalized spacial score (nSPS) is 10.9. The molecule has 1 aromatic rings. The van der Waals surface area contributed by atoms with Gasteiger partial charge >= 0.3 is 0 Å². The van der Waals surface area contributed by atoms with Crippen molar-refractivity contribution in [1.82, 2.24) is 4.90 Å². The fraction of sp³-hybridized carbons (Fsp3) is 0.533. The summed E-state index contributed by atoms with van der Waals surface area (Å²) in [5.74, 6) is -0.214. The van der Waals surface area contributed by atoms with Crippen LogP contribution < -0.4 is 0 Å². The van der Waals surface area contributed by atoms with Crippen molar-refractivity contribution in [2.75, 3.05) is 19.7 Å². The Hall–Kier alpha value is -1.19. The van der Waals surface area contributed by atoms with Gasteiger partial charge in [0.25, 0.3) is 0 Å². The van der Waals surface area contributed by atoms with Crippen molar-refractivity contribution >= 4 is 5.78 Å². The lowest BCUT2D eigenvalue weighted by Gasteiger charge is -2.21. The first-order valence-corrected chi connectivity index (χ1v) is 6.66. The molecule has 18 heavy (non-hydrogen) atoms. The number of Topliss-reactive ketones (excluding diaryl/α,β-unsaturated/α-hetero) is 1. The van der Waals surface area contributed by atoms with Gasteiger partial charge in [0.1, 0.15) is 6.61 Å². The molecule has 0 aliphatic heterocycles. The maximum absolute atomic E-state index is 11.4. The zero-order chi connectivity index (χ0) is 13.4. The number of benzene rings is 1. The average molecular weight is 249 g/mol. The number of carbonyl (C=O) groups excluding carboxylic acids is 1. The van der Waals surface area contributed by atoms with Crippen LogP contribution in [0.1, 0.15) is 42.6 Å². The van der Waals surface area contributed by atoms with E-state index in [1.54, 1.807) is 6.07 Å². The van der Waals surface area contributed by atoms with E-state index >= 15 is 0 Å². The van der Waals surface area contributed by atoms with Gasteiger partial charge in [0.2, 0.25) is 0 Å². The third-order valence-electron chi connectivity index (χ3n) is 2.88. The van der Waals surface area contributed by atoms with Gasteiger partial charge in [0, 0.05) is 12.1 Å². The van der Waals surface area contributed by atoms with Gasteiger partial charge in [-0.05, 0) is 37.6 Å². The van der Waals surface area contributed by atoms with Gasteiger partial charge in [-0.2, -0.15) is 0 Å². The van der Waals surface area contributed by atoms with Crippen molar-refractivity contribution in [2.45, 2.75) is 33.2 Å². The van der Waals surface area contributed by atoms with Crippen molar-refractivity contribution in [1.29, 1.82) is 0 Å². The van der Waals surface area contributed by atoms with Gasteiger partial charge in [0.15, 0.2) is 5.78 Å². The Morgan fingerprint density at radius 1 is 1.22 bits per heavy atom. The smallest absolute Gasteiger partial charge is 0.188 e. The Labute approximate surface area is 109 Å². The van der Waals surface area contributed by atoms with Crippen LogP contribution in [0.15, 0.2) is 24.3 Å². The lowest BCUT2D eigenvalue weighted by molar-refractivity contribution is 0.0903. The van der Waals surface area contributed by atoms with Crippen LogP contribution >= 0.6 is 0 Å². The molecule has 0 atom stereocenters. The number of nitrogens with zero attached hydrogens (tertiary/aromatic N) is 1. The third-order valence-corrected chi connectivity index (χ3v) is 2.88.